The van der Waals surface area contributed by atoms with Gasteiger partial charge in [0.15, 0.2) is 5.82 Å². The van der Waals surface area contributed by atoms with Crippen LogP contribution in [-0.2, 0) is 16.6 Å². The van der Waals surface area contributed by atoms with Crippen LogP contribution in [0.4, 0.5) is 14.5 Å². The molecule has 8 nitrogen and oxygen atoms in total. The fourth-order valence-electron chi connectivity index (χ4n) is 3.29. The van der Waals surface area contributed by atoms with Crippen molar-refractivity contribution >= 4 is 21.7 Å². The number of aromatic nitrogens is 2. The number of rotatable bonds is 4. The summed E-state index contributed by atoms with van der Waals surface area (Å²) < 4.78 is 61.7. The molecule has 0 spiro atoms. The van der Waals surface area contributed by atoms with E-state index < -0.39 is 27.6 Å². The van der Waals surface area contributed by atoms with Crippen molar-refractivity contribution in [3.63, 3.8) is 0 Å². The van der Waals surface area contributed by atoms with Gasteiger partial charge in [0.25, 0.3) is 10.0 Å². The first-order valence-corrected chi connectivity index (χ1v) is 10.4. The quantitative estimate of drug-likeness (QED) is 0.655. The van der Waals surface area contributed by atoms with E-state index in [1.807, 2.05) is 0 Å². The molecule has 0 amide bonds. The zero-order chi connectivity index (χ0) is 21.5. The number of sulfonamides is 1. The second-order valence-corrected chi connectivity index (χ2v) is 8.35. The van der Waals surface area contributed by atoms with Gasteiger partial charge < -0.3 is 9.84 Å². The van der Waals surface area contributed by atoms with Gasteiger partial charge in [-0.05, 0) is 23.8 Å². The van der Waals surface area contributed by atoms with Crippen molar-refractivity contribution in [2.75, 3.05) is 5.32 Å². The van der Waals surface area contributed by atoms with Crippen LogP contribution in [0.1, 0.15) is 35.7 Å². The lowest BCUT2D eigenvalue weighted by Crippen LogP contribution is -2.41. The molecule has 1 aliphatic rings. The smallest absolute Gasteiger partial charge is 0.266 e. The van der Waals surface area contributed by atoms with Crippen molar-refractivity contribution in [3.8, 4) is 0 Å². The molecule has 156 valence electrons. The Hall–Kier alpha value is -3.34. The minimum atomic E-state index is -4.02. The van der Waals surface area contributed by atoms with Crippen LogP contribution in [0.15, 0.2) is 50.8 Å². The van der Waals surface area contributed by atoms with E-state index in [0.29, 0.717) is 5.89 Å². The first-order chi connectivity index (χ1) is 14.3. The van der Waals surface area contributed by atoms with Crippen molar-refractivity contribution in [2.45, 2.75) is 31.2 Å². The summed E-state index contributed by atoms with van der Waals surface area (Å²) in [7, 11) is -4.02. The molecule has 2 aromatic carbocycles. The number of nitrogens with one attached hydrogen (secondary N) is 2. The Kier molecular flexibility index (Phi) is 4.98. The van der Waals surface area contributed by atoms with Crippen LogP contribution in [0, 0.1) is 18.6 Å². The Balaban J connectivity index is 1.78. The average molecular weight is 433 g/mol. The highest BCUT2D eigenvalue weighted by atomic mass is 32.2. The lowest BCUT2D eigenvalue weighted by molar-refractivity contribution is 0.387. The van der Waals surface area contributed by atoms with Gasteiger partial charge in [0.2, 0.25) is 11.9 Å². The maximum absolute atomic E-state index is 14.8. The van der Waals surface area contributed by atoms with E-state index in [1.165, 1.54) is 18.2 Å². The van der Waals surface area contributed by atoms with Gasteiger partial charge in [-0.25, -0.2) is 26.9 Å². The van der Waals surface area contributed by atoms with E-state index in [2.05, 4.69) is 25.2 Å². The highest BCUT2D eigenvalue weighted by Crippen LogP contribution is 2.38. The molecule has 1 aliphatic heterocycles. The maximum atomic E-state index is 14.8. The summed E-state index contributed by atoms with van der Waals surface area (Å²) in [6.45, 7) is 3.15. The molecular formula is C19H17F2N5O3S. The predicted octanol–water partition coefficient (Wildman–Crippen LogP) is 3.07. The zero-order valence-corrected chi connectivity index (χ0v) is 16.8. The molecule has 1 aromatic heterocycles. The standard InChI is InChI=1S/C19H17F2N5O3S/c1-10(12-5-3-4-6-13(12)20)17-14(21)7-8-15-18(17)24-19(26-30(15,27)28)22-9-16-23-11(2)29-25-16/h3-8,10H,9H2,1-2H3,(H2,22,24,26)/t10-/m0/s1. The van der Waals surface area contributed by atoms with Crippen LogP contribution in [0.25, 0.3) is 0 Å². The van der Waals surface area contributed by atoms with Crippen molar-refractivity contribution in [1.29, 1.82) is 0 Å². The predicted molar refractivity (Wildman–Crippen MR) is 104 cm³/mol. The van der Waals surface area contributed by atoms with E-state index in [0.717, 1.165) is 12.1 Å². The highest BCUT2D eigenvalue weighted by Gasteiger charge is 2.32. The SMILES string of the molecule is Cc1nc(CN=C2Nc3c(ccc(F)c3[C@@H](C)c3ccccc3F)S(=O)(=O)N2)no1. The maximum Gasteiger partial charge on any atom is 0.266 e. The molecule has 3 aromatic rings. The second-order valence-electron chi connectivity index (χ2n) is 6.70. The minimum Gasteiger partial charge on any atom is -0.340 e. The van der Waals surface area contributed by atoms with Crippen molar-refractivity contribution in [3.05, 3.63) is 70.9 Å². The molecule has 0 saturated heterocycles. The van der Waals surface area contributed by atoms with Gasteiger partial charge in [-0.3, -0.25) is 0 Å². The van der Waals surface area contributed by atoms with E-state index in [9.17, 15) is 17.2 Å². The molecule has 1 atom stereocenters. The molecule has 0 bridgehead atoms. The molecule has 0 saturated carbocycles. The summed E-state index contributed by atoms with van der Waals surface area (Å²) in [6.07, 6.45) is 0. The fourth-order valence-corrected chi connectivity index (χ4v) is 4.44. The van der Waals surface area contributed by atoms with Crippen LogP contribution in [0.3, 0.4) is 0 Å². The number of guanidine groups is 1. The number of fused-ring (bicyclic) bond motifs is 1. The minimum absolute atomic E-state index is 0.00699. The number of aliphatic imine (C=N–C) groups is 1. The van der Waals surface area contributed by atoms with Gasteiger partial charge >= 0.3 is 0 Å². The molecule has 0 fully saturated rings. The summed E-state index contributed by atoms with van der Waals surface area (Å²) in [4.78, 5) is 7.95. The van der Waals surface area contributed by atoms with Crippen molar-refractivity contribution in [1.82, 2.24) is 14.9 Å². The monoisotopic (exact) mass is 433 g/mol. The fraction of sp³-hybridized carbons (Fsp3) is 0.211. The normalized spacial score (nSPS) is 17.1. The van der Waals surface area contributed by atoms with Crippen LogP contribution >= 0.6 is 0 Å². The molecule has 0 aliphatic carbocycles. The third-order valence-corrected chi connectivity index (χ3v) is 6.05. The van der Waals surface area contributed by atoms with E-state index in [-0.39, 0.29) is 40.0 Å². The number of benzene rings is 2. The Labute approximate surface area is 171 Å². The summed E-state index contributed by atoms with van der Waals surface area (Å²) in [6, 6.07) is 8.16. The Bertz CT molecular complexity index is 1260. The summed E-state index contributed by atoms with van der Waals surface area (Å²) in [5.41, 5.74) is 0.265. The lowest BCUT2D eigenvalue weighted by Gasteiger charge is -2.26. The van der Waals surface area contributed by atoms with Crippen LogP contribution in [0.2, 0.25) is 0 Å². The second kappa shape index (κ2) is 7.48. The third-order valence-electron chi connectivity index (χ3n) is 4.67. The van der Waals surface area contributed by atoms with Crippen molar-refractivity contribution < 1.29 is 21.7 Å². The van der Waals surface area contributed by atoms with Gasteiger partial charge in [0, 0.05) is 18.4 Å². The molecule has 2 heterocycles. The topological polar surface area (TPSA) is 109 Å². The molecule has 0 radical (unpaired) electrons. The average Bonchev–Trinajstić information content (AvgIpc) is 3.11. The molecule has 11 heteroatoms. The molecule has 0 unspecified atom stereocenters. The van der Waals surface area contributed by atoms with Crippen LogP contribution in [0.5, 0.6) is 0 Å². The number of halogens is 2. The van der Waals surface area contributed by atoms with E-state index >= 15 is 0 Å². The largest absolute Gasteiger partial charge is 0.340 e. The van der Waals surface area contributed by atoms with Gasteiger partial charge in [0.1, 0.15) is 23.1 Å². The first-order valence-electron chi connectivity index (χ1n) is 8.96. The van der Waals surface area contributed by atoms with Gasteiger partial charge in [-0.1, -0.05) is 30.3 Å². The Morgan fingerprint density at radius 3 is 2.63 bits per heavy atom. The van der Waals surface area contributed by atoms with Gasteiger partial charge in [-0.15, -0.1) is 0 Å². The molecule has 4 rings (SSSR count). The number of hydrogen-bond donors (Lipinski definition) is 2. The van der Waals surface area contributed by atoms with E-state index in [1.54, 1.807) is 19.9 Å². The van der Waals surface area contributed by atoms with Crippen molar-refractivity contribution in [2.24, 2.45) is 4.99 Å². The van der Waals surface area contributed by atoms with Gasteiger partial charge in [0.05, 0.1) is 5.69 Å². The highest BCUT2D eigenvalue weighted by molar-refractivity contribution is 7.90. The summed E-state index contributed by atoms with van der Waals surface area (Å²) in [5.74, 6) is -1.47. The molecule has 30 heavy (non-hydrogen) atoms. The summed E-state index contributed by atoms with van der Waals surface area (Å²) in [5, 5.41) is 6.51. The number of anilines is 1. The van der Waals surface area contributed by atoms with Crippen LogP contribution in [-0.4, -0.2) is 24.5 Å². The number of hydrogen-bond acceptors (Lipinski definition) is 6. The number of nitrogens with zero attached hydrogens (tertiary/aromatic N) is 3. The molecular weight excluding hydrogens is 416 g/mol. The van der Waals surface area contributed by atoms with Gasteiger partial charge in [-0.2, -0.15) is 4.98 Å². The number of aryl methyl sites for hydroxylation is 1. The molecule has 2 N–H and O–H groups in total. The summed E-state index contributed by atoms with van der Waals surface area (Å²) >= 11 is 0. The zero-order valence-electron chi connectivity index (χ0n) is 16.0. The Morgan fingerprint density at radius 2 is 1.93 bits per heavy atom. The van der Waals surface area contributed by atoms with E-state index in [4.69, 9.17) is 4.52 Å². The van der Waals surface area contributed by atoms with Crippen LogP contribution < -0.4 is 10.0 Å². The lowest BCUT2D eigenvalue weighted by atomic mass is 9.91. The Morgan fingerprint density at radius 1 is 1.17 bits per heavy atom. The third kappa shape index (κ3) is 3.63. The first kappa shape index (κ1) is 20.0.